The number of nitrogens with one attached hydrogen (secondary N) is 3. The van der Waals surface area contributed by atoms with E-state index < -0.39 is 11.9 Å². The van der Waals surface area contributed by atoms with Gasteiger partial charge in [-0.1, -0.05) is 53.7 Å². The number of aromatic nitrogens is 3. The van der Waals surface area contributed by atoms with Gasteiger partial charge in [0, 0.05) is 17.1 Å². The van der Waals surface area contributed by atoms with Gasteiger partial charge in [-0.05, 0) is 55.3 Å². The zero-order valence-electron chi connectivity index (χ0n) is 20.6. The Morgan fingerprint density at radius 1 is 0.892 bits per heavy atom. The predicted octanol–water partition coefficient (Wildman–Crippen LogP) is 4.78. The van der Waals surface area contributed by atoms with Crippen LogP contribution in [0.25, 0.3) is 0 Å². The molecular weight excluding hydrogens is 468 g/mol. The molecule has 0 aliphatic carbocycles. The van der Waals surface area contributed by atoms with Crippen LogP contribution in [0.15, 0.2) is 90.1 Å². The van der Waals surface area contributed by atoms with Crippen LogP contribution in [0.1, 0.15) is 34.6 Å². The molecule has 0 bridgehead atoms. The average molecular weight is 495 g/mol. The summed E-state index contributed by atoms with van der Waals surface area (Å²) in [5, 5.41) is 17.6. The van der Waals surface area contributed by atoms with Gasteiger partial charge in [-0.25, -0.2) is 4.68 Å². The molecule has 2 heterocycles. The number of carbonyl (C=O) groups is 2. The summed E-state index contributed by atoms with van der Waals surface area (Å²) in [5.41, 5.74) is 4.28. The number of rotatable bonds is 6. The molecule has 4 aromatic rings. The van der Waals surface area contributed by atoms with Gasteiger partial charge in [0.25, 0.3) is 11.8 Å². The maximum absolute atomic E-state index is 13.6. The van der Waals surface area contributed by atoms with Crippen molar-refractivity contribution in [2.24, 2.45) is 0 Å². The second kappa shape index (κ2) is 9.98. The van der Waals surface area contributed by atoms with E-state index in [1.807, 2.05) is 61.5 Å². The van der Waals surface area contributed by atoms with Crippen molar-refractivity contribution in [1.82, 2.24) is 15.0 Å². The molecule has 186 valence electrons. The van der Waals surface area contributed by atoms with Gasteiger partial charge in [-0.3, -0.25) is 9.59 Å². The Balaban J connectivity index is 1.51. The molecule has 3 N–H and O–H groups in total. The molecule has 1 aromatic heterocycles. The Hall–Kier alpha value is -4.92. The topological polar surface area (TPSA) is 110 Å². The number of ether oxygens (including phenoxy) is 1. The Labute approximate surface area is 214 Å². The minimum Gasteiger partial charge on any atom is -0.497 e. The van der Waals surface area contributed by atoms with Crippen LogP contribution in [0.2, 0.25) is 0 Å². The molecule has 9 nitrogen and oxygen atoms in total. The first-order chi connectivity index (χ1) is 18.0. The van der Waals surface area contributed by atoms with Crippen molar-refractivity contribution in [2.75, 3.05) is 23.1 Å². The zero-order chi connectivity index (χ0) is 25.9. The first-order valence-electron chi connectivity index (χ1n) is 11.8. The molecule has 0 saturated carbocycles. The van der Waals surface area contributed by atoms with E-state index in [9.17, 15) is 9.59 Å². The number of amides is 2. The number of methoxy groups -OCH3 is 1. The van der Waals surface area contributed by atoms with Crippen molar-refractivity contribution >= 4 is 29.0 Å². The summed E-state index contributed by atoms with van der Waals surface area (Å²) in [4.78, 5) is 26.7. The number of hydrogen-bond acceptors (Lipinski definition) is 6. The quantitative estimate of drug-likeness (QED) is 0.356. The maximum Gasteiger partial charge on any atom is 0.280 e. The summed E-state index contributed by atoms with van der Waals surface area (Å²) >= 11 is 0. The monoisotopic (exact) mass is 494 g/mol. The molecule has 37 heavy (non-hydrogen) atoms. The van der Waals surface area contributed by atoms with Gasteiger partial charge in [0.05, 0.1) is 12.7 Å². The summed E-state index contributed by atoms with van der Waals surface area (Å²) < 4.78 is 6.79. The molecule has 1 aliphatic heterocycles. The number of hydrogen-bond donors (Lipinski definition) is 3. The third-order valence-corrected chi connectivity index (χ3v) is 6.24. The molecule has 3 aromatic carbocycles. The molecule has 0 fully saturated rings. The number of carbonyl (C=O) groups excluding carboxylic acids is 2. The van der Waals surface area contributed by atoms with Crippen LogP contribution in [-0.4, -0.2) is 33.9 Å². The number of para-hydroxylation sites is 1. The fraction of sp³-hybridized carbons (Fsp3) is 0.143. The summed E-state index contributed by atoms with van der Waals surface area (Å²) in [6, 6.07) is 23.6. The normalized spacial score (nSPS) is 14.4. The minimum absolute atomic E-state index is 0.137. The number of allylic oxidation sites excluding steroid dienone is 1. The van der Waals surface area contributed by atoms with Crippen molar-refractivity contribution in [2.45, 2.75) is 19.9 Å². The van der Waals surface area contributed by atoms with E-state index in [0.29, 0.717) is 34.2 Å². The summed E-state index contributed by atoms with van der Waals surface area (Å²) in [5.74, 6) is 0.418. The number of aryl methyl sites for hydroxylation is 1. The van der Waals surface area contributed by atoms with Gasteiger partial charge in [-0.2, -0.15) is 0 Å². The van der Waals surface area contributed by atoms with Gasteiger partial charge >= 0.3 is 0 Å². The number of nitrogens with zero attached hydrogens (tertiary/aromatic N) is 3. The van der Waals surface area contributed by atoms with E-state index in [-0.39, 0.29) is 11.6 Å². The maximum atomic E-state index is 13.6. The van der Waals surface area contributed by atoms with E-state index in [4.69, 9.17) is 4.74 Å². The van der Waals surface area contributed by atoms with E-state index in [2.05, 4.69) is 26.3 Å². The molecule has 0 unspecified atom stereocenters. The summed E-state index contributed by atoms with van der Waals surface area (Å²) in [6.45, 7) is 3.72. The number of benzene rings is 3. The Morgan fingerprint density at radius 2 is 1.59 bits per heavy atom. The average Bonchev–Trinajstić information content (AvgIpc) is 3.33. The highest BCUT2D eigenvalue weighted by Gasteiger charge is 2.36. The third-order valence-electron chi connectivity index (χ3n) is 6.24. The van der Waals surface area contributed by atoms with Gasteiger partial charge < -0.3 is 20.7 Å². The van der Waals surface area contributed by atoms with Crippen molar-refractivity contribution < 1.29 is 14.3 Å². The Morgan fingerprint density at radius 3 is 2.30 bits per heavy atom. The lowest BCUT2D eigenvalue weighted by Crippen LogP contribution is -2.32. The minimum atomic E-state index is -0.594. The van der Waals surface area contributed by atoms with Crippen LogP contribution >= 0.6 is 0 Å². The van der Waals surface area contributed by atoms with Crippen molar-refractivity contribution in [3.63, 3.8) is 0 Å². The van der Waals surface area contributed by atoms with Crippen LogP contribution in [-0.2, 0) is 4.79 Å². The summed E-state index contributed by atoms with van der Waals surface area (Å²) in [6.07, 6.45) is 0. The highest BCUT2D eigenvalue weighted by Crippen LogP contribution is 2.37. The highest BCUT2D eigenvalue weighted by atomic mass is 16.5. The standard InChI is InChI=1S/C28H26N6O3/c1-17-9-7-8-12-22(17)31-28(36)24-26-29-18(2)23(27(35)30-20-13-15-21(37-3)16-14-20)25(34(26)33-32-24)19-10-5-4-6-11-19/h4-16,25,29H,1-3H3,(H,30,35)(H,31,36)/t25-/m0/s1. The van der Waals surface area contributed by atoms with E-state index in [0.717, 1.165) is 11.1 Å². The largest absolute Gasteiger partial charge is 0.497 e. The van der Waals surface area contributed by atoms with Crippen LogP contribution in [0.5, 0.6) is 5.75 Å². The Kier molecular flexibility index (Phi) is 6.42. The predicted molar refractivity (Wildman–Crippen MR) is 142 cm³/mol. The molecule has 1 aliphatic rings. The van der Waals surface area contributed by atoms with Gasteiger partial charge in [0.15, 0.2) is 11.5 Å². The lowest BCUT2D eigenvalue weighted by atomic mass is 9.94. The first kappa shape index (κ1) is 23.8. The fourth-order valence-corrected chi connectivity index (χ4v) is 4.32. The number of fused-ring (bicyclic) bond motifs is 1. The lowest BCUT2D eigenvalue weighted by Gasteiger charge is -2.29. The molecule has 0 spiro atoms. The van der Waals surface area contributed by atoms with Gasteiger partial charge in [0.1, 0.15) is 11.8 Å². The second-order valence-electron chi connectivity index (χ2n) is 8.66. The molecule has 0 radical (unpaired) electrons. The SMILES string of the molecule is COc1ccc(NC(=O)C2=C(C)Nc3c(C(=O)Nc4ccccc4C)nnn3[C@H]2c2ccccc2)cc1. The second-order valence-corrected chi connectivity index (χ2v) is 8.66. The smallest absolute Gasteiger partial charge is 0.280 e. The first-order valence-corrected chi connectivity index (χ1v) is 11.8. The molecular formula is C28H26N6O3. The van der Waals surface area contributed by atoms with E-state index in [1.54, 1.807) is 43.0 Å². The van der Waals surface area contributed by atoms with Crippen LogP contribution in [0.4, 0.5) is 17.2 Å². The van der Waals surface area contributed by atoms with Crippen molar-refractivity contribution in [1.29, 1.82) is 0 Å². The molecule has 9 heteroatoms. The fourth-order valence-electron chi connectivity index (χ4n) is 4.32. The highest BCUT2D eigenvalue weighted by molar-refractivity contribution is 6.08. The van der Waals surface area contributed by atoms with E-state index in [1.165, 1.54) is 0 Å². The van der Waals surface area contributed by atoms with Gasteiger partial charge in [0.2, 0.25) is 0 Å². The van der Waals surface area contributed by atoms with Gasteiger partial charge in [-0.15, -0.1) is 5.10 Å². The molecule has 2 amide bonds. The van der Waals surface area contributed by atoms with Crippen LogP contribution in [0.3, 0.4) is 0 Å². The van der Waals surface area contributed by atoms with Crippen LogP contribution < -0.4 is 20.7 Å². The molecule has 0 saturated heterocycles. The van der Waals surface area contributed by atoms with Crippen LogP contribution in [0, 0.1) is 6.92 Å². The van der Waals surface area contributed by atoms with Crippen molar-refractivity contribution in [3.05, 3.63) is 107 Å². The number of anilines is 3. The lowest BCUT2D eigenvalue weighted by molar-refractivity contribution is -0.113. The van der Waals surface area contributed by atoms with Crippen molar-refractivity contribution in [3.8, 4) is 5.75 Å². The zero-order valence-corrected chi connectivity index (χ0v) is 20.6. The molecule has 1 atom stereocenters. The third kappa shape index (κ3) is 4.66. The van der Waals surface area contributed by atoms with E-state index >= 15 is 0 Å². The summed E-state index contributed by atoms with van der Waals surface area (Å²) in [7, 11) is 1.59. The Bertz CT molecular complexity index is 1490. The molecule has 5 rings (SSSR count).